The molecule has 0 unspecified atom stereocenters. The van der Waals surface area contributed by atoms with Crippen LogP contribution in [0.4, 0.5) is 4.79 Å². The van der Waals surface area contributed by atoms with Crippen LogP contribution in [0.3, 0.4) is 0 Å². The molecule has 0 spiro atoms. The van der Waals surface area contributed by atoms with E-state index in [2.05, 4.69) is 5.32 Å². The SMILES string of the molecule is O=C1NC(=O)C(=Cc2ccc(OCc3ccc(CCl)cc3)cc2)S1. The molecule has 4 nitrogen and oxygen atoms in total. The lowest BCUT2D eigenvalue weighted by atomic mass is 10.1. The zero-order valence-electron chi connectivity index (χ0n) is 12.6. The summed E-state index contributed by atoms with van der Waals surface area (Å²) in [5, 5.41) is 1.89. The van der Waals surface area contributed by atoms with Gasteiger partial charge in [-0.1, -0.05) is 36.4 Å². The number of rotatable bonds is 5. The summed E-state index contributed by atoms with van der Waals surface area (Å²) in [5.74, 6) is 0.879. The number of hydrogen-bond acceptors (Lipinski definition) is 4. The van der Waals surface area contributed by atoms with E-state index in [1.165, 1.54) is 0 Å². The van der Waals surface area contributed by atoms with Gasteiger partial charge in [-0.15, -0.1) is 11.6 Å². The van der Waals surface area contributed by atoms with E-state index in [9.17, 15) is 9.59 Å². The lowest BCUT2D eigenvalue weighted by Gasteiger charge is -2.07. The van der Waals surface area contributed by atoms with Crippen LogP contribution in [0.2, 0.25) is 0 Å². The minimum atomic E-state index is -0.356. The number of nitrogens with one attached hydrogen (secondary N) is 1. The van der Waals surface area contributed by atoms with Gasteiger partial charge in [0, 0.05) is 5.88 Å². The van der Waals surface area contributed by atoms with Crippen molar-refractivity contribution in [1.29, 1.82) is 0 Å². The smallest absolute Gasteiger partial charge is 0.290 e. The van der Waals surface area contributed by atoms with Gasteiger partial charge < -0.3 is 4.74 Å². The molecule has 0 radical (unpaired) electrons. The molecule has 6 heteroatoms. The first-order chi connectivity index (χ1) is 11.6. The lowest BCUT2D eigenvalue weighted by molar-refractivity contribution is -0.115. The Morgan fingerprint density at radius 2 is 1.67 bits per heavy atom. The molecular weight excluding hydrogens is 346 g/mol. The van der Waals surface area contributed by atoms with Crippen molar-refractivity contribution in [3.05, 3.63) is 70.1 Å². The van der Waals surface area contributed by atoms with E-state index in [1.807, 2.05) is 48.5 Å². The Bertz CT molecular complexity index is 785. The molecule has 0 bridgehead atoms. The van der Waals surface area contributed by atoms with Crippen LogP contribution >= 0.6 is 23.4 Å². The number of benzene rings is 2. The molecule has 0 saturated carbocycles. The predicted molar refractivity (Wildman–Crippen MR) is 95.9 cm³/mol. The summed E-state index contributed by atoms with van der Waals surface area (Å²) in [4.78, 5) is 23.0. The Labute approximate surface area is 148 Å². The van der Waals surface area contributed by atoms with Crippen molar-refractivity contribution in [2.45, 2.75) is 12.5 Å². The summed E-state index contributed by atoms with van der Waals surface area (Å²) in [5.41, 5.74) is 2.97. The number of amides is 2. The molecule has 2 aromatic carbocycles. The van der Waals surface area contributed by atoms with Crippen LogP contribution in [0.5, 0.6) is 5.75 Å². The molecule has 0 aliphatic carbocycles. The van der Waals surface area contributed by atoms with Gasteiger partial charge in [0.15, 0.2) is 0 Å². The van der Waals surface area contributed by atoms with E-state index < -0.39 is 0 Å². The van der Waals surface area contributed by atoms with Gasteiger partial charge in [0.2, 0.25) is 0 Å². The third-order valence-corrected chi connectivity index (χ3v) is 4.52. The van der Waals surface area contributed by atoms with E-state index in [0.717, 1.165) is 34.2 Å². The molecule has 1 saturated heterocycles. The van der Waals surface area contributed by atoms with Crippen LogP contribution in [-0.4, -0.2) is 11.1 Å². The van der Waals surface area contributed by atoms with Crippen LogP contribution in [0.15, 0.2) is 53.4 Å². The Balaban J connectivity index is 1.61. The fraction of sp³-hybridized carbons (Fsp3) is 0.111. The van der Waals surface area contributed by atoms with Crippen molar-refractivity contribution in [3.63, 3.8) is 0 Å². The summed E-state index contributed by atoms with van der Waals surface area (Å²) in [6.07, 6.45) is 1.68. The Kier molecular flexibility index (Phi) is 5.23. The van der Waals surface area contributed by atoms with Crippen LogP contribution in [0, 0.1) is 0 Å². The topological polar surface area (TPSA) is 55.4 Å². The summed E-state index contributed by atoms with van der Waals surface area (Å²) in [7, 11) is 0. The van der Waals surface area contributed by atoms with E-state index in [0.29, 0.717) is 17.4 Å². The summed E-state index contributed by atoms with van der Waals surface area (Å²) < 4.78 is 5.74. The minimum Gasteiger partial charge on any atom is -0.489 e. The summed E-state index contributed by atoms with van der Waals surface area (Å²) in [6, 6.07) is 15.3. The molecule has 1 N–H and O–H groups in total. The van der Waals surface area contributed by atoms with Gasteiger partial charge in [-0.3, -0.25) is 14.9 Å². The molecule has 1 fully saturated rings. The first kappa shape index (κ1) is 16.6. The molecule has 2 aromatic rings. The van der Waals surface area contributed by atoms with E-state index in [1.54, 1.807) is 6.08 Å². The quantitative estimate of drug-likeness (QED) is 0.637. The lowest BCUT2D eigenvalue weighted by Crippen LogP contribution is -2.17. The first-order valence-corrected chi connectivity index (χ1v) is 8.60. The van der Waals surface area contributed by atoms with Crippen LogP contribution < -0.4 is 10.1 Å². The normalized spacial score (nSPS) is 15.6. The monoisotopic (exact) mass is 359 g/mol. The molecule has 1 heterocycles. The largest absolute Gasteiger partial charge is 0.489 e. The highest BCUT2D eigenvalue weighted by Gasteiger charge is 2.24. The maximum absolute atomic E-state index is 11.5. The molecular formula is C18H14ClNO3S. The number of imide groups is 1. The zero-order chi connectivity index (χ0) is 16.9. The summed E-state index contributed by atoms with van der Waals surface area (Å²) in [6.45, 7) is 0.468. The van der Waals surface area contributed by atoms with Crippen molar-refractivity contribution < 1.29 is 14.3 Å². The van der Waals surface area contributed by atoms with Crippen molar-refractivity contribution in [2.75, 3.05) is 0 Å². The van der Waals surface area contributed by atoms with Crippen molar-refractivity contribution in [2.24, 2.45) is 0 Å². The Morgan fingerprint density at radius 3 is 2.25 bits per heavy atom. The highest BCUT2D eigenvalue weighted by molar-refractivity contribution is 8.18. The number of halogens is 1. The van der Waals surface area contributed by atoms with Gasteiger partial charge in [0.1, 0.15) is 12.4 Å². The van der Waals surface area contributed by atoms with Gasteiger partial charge >= 0.3 is 0 Å². The van der Waals surface area contributed by atoms with Crippen LogP contribution in [-0.2, 0) is 17.3 Å². The minimum absolute atomic E-state index is 0.341. The van der Waals surface area contributed by atoms with Crippen LogP contribution in [0.25, 0.3) is 6.08 Å². The highest BCUT2D eigenvalue weighted by Crippen LogP contribution is 2.26. The Hall–Kier alpha value is -2.24. The number of thioether (sulfide) groups is 1. The van der Waals surface area contributed by atoms with E-state index in [-0.39, 0.29) is 11.1 Å². The second kappa shape index (κ2) is 7.55. The third kappa shape index (κ3) is 4.19. The number of hydrogen-bond donors (Lipinski definition) is 1. The molecule has 2 amide bonds. The molecule has 24 heavy (non-hydrogen) atoms. The zero-order valence-corrected chi connectivity index (χ0v) is 14.2. The molecule has 3 rings (SSSR count). The molecule has 1 aliphatic heterocycles. The van der Waals surface area contributed by atoms with Crippen molar-refractivity contribution in [3.8, 4) is 5.75 Å². The molecule has 122 valence electrons. The second-order valence-electron chi connectivity index (χ2n) is 5.16. The molecule has 0 aromatic heterocycles. The van der Waals surface area contributed by atoms with Gasteiger partial charge in [0.25, 0.3) is 11.1 Å². The maximum atomic E-state index is 11.5. The maximum Gasteiger partial charge on any atom is 0.290 e. The number of carbonyl (C=O) groups is 2. The van der Waals surface area contributed by atoms with Crippen molar-refractivity contribution >= 4 is 40.6 Å². The molecule has 0 atom stereocenters. The fourth-order valence-electron chi connectivity index (χ4n) is 2.12. The first-order valence-electron chi connectivity index (χ1n) is 7.25. The average Bonchev–Trinajstić information content (AvgIpc) is 2.92. The predicted octanol–water partition coefficient (Wildman–Crippen LogP) is 4.33. The van der Waals surface area contributed by atoms with Gasteiger partial charge in [-0.05, 0) is 46.7 Å². The Morgan fingerprint density at radius 1 is 1.00 bits per heavy atom. The number of alkyl halides is 1. The average molecular weight is 360 g/mol. The number of ether oxygens (including phenoxy) is 1. The van der Waals surface area contributed by atoms with E-state index >= 15 is 0 Å². The van der Waals surface area contributed by atoms with E-state index in [4.69, 9.17) is 16.3 Å². The van der Waals surface area contributed by atoms with Gasteiger partial charge in [-0.2, -0.15) is 0 Å². The van der Waals surface area contributed by atoms with Crippen LogP contribution in [0.1, 0.15) is 16.7 Å². The highest BCUT2D eigenvalue weighted by atomic mass is 35.5. The third-order valence-electron chi connectivity index (χ3n) is 3.40. The van der Waals surface area contributed by atoms with Crippen molar-refractivity contribution in [1.82, 2.24) is 5.32 Å². The molecule has 1 aliphatic rings. The number of carbonyl (C=O) groups excluding carboxylic acids is 2. The summed E-state index contributed by atoms with van der Waals surface area (Å²) >= 11 is 6.67. The second-order valence-corrected chi connectivity index (χ2v) is 6.44. The van der Waals surface area contributed by atoms with Gasteiger partial charge in [0.05, 0.1) is 4.91 Å². The van der Waals surface area contributed by atoms with Gasteiger partial charge in [-0.25, -0.2) is 0 Å². The standard InChI is InChI=1S/C18H14ClNO3S/c19-10-13-1-3-14(4-2-13)11-23-15-7-5-12(6-8-15)9-16-17(21)20-18(22)24-16/h1-9H,10-11H2,(H,20,21,22). The fourth-order valence-corrected chi connectivity index (χ4v) is 2.98.